The standard InChI is InChI=1S/C15H29N3O/c16-11-13-7-9-18(10-8-13)12-15(19)17-14-5-3-1-2-4-6-14/h13-14H,1-12,16H2,(H,17,19). The van der Waals surface area contributed by atoms with Crippen LogP contribution in [0.2, 0.25) is 0 Å². The monoisotopic (exact) mass is 267 g/mol. The molecule has 1 aliphatic heterocycles. The second-order valence-corrected chi connectivity index (χ2v) is 6.21. The summed E-state index contributed by atoms with van der Waals surface area (Å²) in [6, 6.07) is 0.427. The van der Waals surface area contributed by atoms with Gasteiger partial charge in [-0.2, -0.15) is 0 Å². The summed E-state index contributed by atoms with van der Waals surface area (Å²) in [6.45, 7) is 3.43. The minimum atomic E-state index is 0.220. The Balaban J connectivity index is 1.66. The van der Waals surface area contributed by atoms with Crippen LogP contribution in [0, 0.1) is 5.92 Å². The van der Waals surface area contributed by atoms with Gasteiger partial charge in [-0.3, -0.25) is 9.69 Å². The molecule has 1 heterocycles. The van der Waals surface area contributed by atoms with E-state index in [4.69, 9.17) is 5.73 Å². The second-order valence-electron chi connectivity index (χ2n) is 6.21. The topological polar surface area (TPSA) is 58.4 Å². The molecule has 0 aromatic carbocycles. The molecule has 4 nitrogen and oxygen atoms in total. The van der Waals surface area contributed by atoms with E-state index in [0.717, 1.165) is 32.5 Å². The third-order valence-electron chi connectivity index (χ3n) is 4.63. The lowest BCUT2D eigenvalue weighted by atomic mass is 9.97. The predicted molar refractivity (Wildman–Crippen MR) is 77.9 cm³/mol. The average molecular weight is 267 g/mol. The molecule has 0 unspecified atom stereocenters. The smallest absolute Gasteiger partial charge is 0.234 e. The van der Waals surface area contributed by atoms with Gasteiger partial charge in [0, 0.05) is 6.04 Å². The van der Waals surface area contributed by atoms with E-state index in [9.17, 15) is 4.79 Å². The molecule has 0 bridgehead atoms. The minimum absolute atomic E-state index is 0.220. The van der Waals surface area contributed by atoms with Crippen LogP contribution in [0.3, 0.4) is 0 Å². The zero-order valence-electron chi connectivity index (χ0n) is 12.1. The number of nitrogens with one attached hydrogen (secondary N) is 1. The van der Waals surface area contributed by atoms with Crippen LogP contribution in [0.5, 0.6) is 0 Å². The molecular weight excluding hydrogens is 238 g/mol. The van der Waals surface area contributed by atoms with E-state index in [1.165, 1.54) is 38.5 Å². The van der Waals surface area contributed by atoms with Crippen molar-refractivity contribution in [3.8, 4) is 0 Å². The first-order chi connectivity index (χ1) is 9.28. The van der Waals surface area contributed by atoms with Crippen molar-refractivity contribution in [1.29, 1.82) is 0 Å². The van der Waals surface area contributed by atoms with E-state index >= 15 is 0 Å². The van der Waals surface area contributed by atoms with Crippen molar-refractivity contribution in [3.05, 3.63) is 0 Å². The molecule has 2 rings (SSSR count). The number of piperidine rings is 1. The van der Waals surface area contributed by atoms with E-state index in [-0.39, 0.29) is 5.91 Å². The summed E-state index contributed by atoms with van der Waals surface area (Å²) in [6.07, 6.45) is 9.83. The summed E-state index contributed by atoms with van der Waals surface area (Å²) < 4.78 is 0. The van der Waals surface area contributed by atoms with E-state index in [1.54, 1.807) is 0 Å². The normalized spacial score (nSPS) is 24.1. The Bertz CT molecular complexity index is 267. The Labute approximate surface area is 117 Å². The number of hydrogen-bond donors (Lipinski definition) is 2. The molecule has 1 saturated heterocycles. The fourth-order valence-electron chi connectivity index (χ4n) is 3.28. The first kappa shape index (κ1) is 14.8. The minimum Gasteiger partial charge on any atom is -0.352 e. The Morgan fingerprint density at radius 2 is 1.68 bits per heavy atom. The van der Waals surface area contributed by atoms with Gasteiger partial charge in [-0.05, 0) is 51.2 Å². The number of rotatable bonds is 4. The summed E-state index contributed by atoms with van der Waals surface area (Å²) >= 11 is 0. The highest BCUT2D eigenvalue weighted by molar-refractivity contribution is 5.78. The van der Waals surface area contributed by atoms with Crippen LogP contribution in [-0.2, 0) is 4.79 Å². The molecule has 3 N–H and O–H groups in total. The van der Waals surface area contributed by atoms with Gasteiger partial charge in [-0.25, -0.2) is 0 Å². The summed E-state index contributed by atoms with van der Waals surface area (Å²) in [4.78, 5) is 14.3. The summed E-state index contributed by atoms with van der Waals surface area (Å²) in [7, 11) is 0. The third-order valence-corrected chi connectivity index (χ3v) is 4.63. The van der Waals surface area contributed by atoms with Crippen LogP contribution in [0.25, 0.3) is 0 Å². The van der Waals surface area contributed by atoms with Crippen LogP contribution in [0.4, 0.5) is 0 Å². The van der Waals surface area contributed by atoms with Gasteiger partial charge in [0.05, 0.1) is 6.54 Å². The Morgan fingerprint density at radius 1 is 1.05 bits per heavy atom. The van der Waals surface area contributed by atoms with E-state index in [1.807, 2.05) is 0 Å². The second kappa shape index (κ2) is 7.85. The van der Waals surface area contributed by atoms with Crippen LogP contribution in [0.15, 0.2) is 0 Å². The van der Waals surface area contributed by atoms with Crippen molar-refractivity contribution in [3.63, 3.8) is 0 Å². The lowest BCUT2D eigenvalue weighted by molar-refractivity contribution is -0.123. The van der Waals surface area contributed by atoms with Gasteiger partial charge in [0.1, 0.15) is 0 Å². The van der Waals surface area contributed by atoms with E-state index in [2.05, 4.69) is 10.2 Å². The highest BCUT2D eigenvalue weighted by Crippen LogP contribution is 2.18. The molecule has 0 atom stereocenters. The third kappa shape index (κ3) is 5.11. The molecule has 110 valence electrons. The maximum absolute atomic E-state index is 12.1. The SMILES string of the molecule is NCC1CCN(CC(=O)NC2CCCCCC2)CC1. The number of amides is 1. The van der Waals surface area contributed by atoms with Crippen LogP contribution in [-0.4, -0.2) is 43.0 Å². The highest BCUT2D eigenvalue weighted by atomic mass is 16.2. The molecule has 2 fully saturated rings. The number of nitrogens with zero attached hydrogens (tertiary/aromatic N) is 1. The van der Waals surface area contributed by atoms with Crippen molar-refractivity contribution in [2.45, 2.75) is 57.4 Å². The molecule has 0 aromatic rings. The van der Waals surface area contributed by atoms with E-state index < -0.39 is 0 Å². The number of nitrogens with two attached hydrogens (primary N) is 1. The Kier molecular flexibility index (Phi) is 6.11. The predicted octanol–water partition coefficient (Wildman–Crippen LogP) is 1.50. The fourth-order valence-corrected chi connectivity index (χ4v) is 3.28. The van der Waals surface area contributed by atoms with Gasteiger partial charge in [0.2, 0.25) is 5.91 Å². The molecule has 4 heteroatoms. The van der Waals surface area contributed by atoms with E-state index in [0.29, 0.717) is 18.5 Å². The largest absolute Gasteiger partial charge is 0.352 e. The molecule has 1 aliphatic carbocycles. The Hall–Kier alpha value is -0.610. The van der Waals surface area contributed by atoms with Gasteiger partial charge in [-0.15, -0.1) is 0 Å². The van der Waals surface area contributed by atoms with Crippen LogP contribution < -0.4 is 11.1 Å². The molecule has 0 aromatic heterocycles. The van der Waals surface area contributed by atoms with Gasteiger partial charge in [-0.1, -0.05) is 25.7 Å². The zero-order chi connectivity index (χ0) is 13.5. The fraction of sp³-hybridized carbons (Fsp3) is 0.933. The quantitative estimate of drug-likeness (QED) is 0.759. The first-order valence-electron chi connectivity index (χ1n) is 7.99. The summed E-state index contributed by atoms with van der Waals surface area (Å²) in [5.74, 6) is 0.888. The number of carbonyl (C=O) groups is 1. The van der Waals surface area contributed by atoms with Gasteiger partial charge in [0.25, 0.3) is 0 Å². The molecular formula is C15H29N3O. The number of likely N-dealkylation sites (tertiary alicyclic amines) is 1. The maximum atomic E-state index is 12.1. The molecule has 19 heavy (non-hydrogen) atoms. The van der Waals surface area contributed by atoms with Crippen molar-refractivity contribution >= 4 is 5.91 Å². The molecule has 1 saturated carbocycles. The molecule has 0 spiro atoms. The maximum Gasteiger partial charge on any atom is 0.234 e. The first-order valence-corrected chi connectivity index (χ1v) is 7.99. The molecule has 0 radical (unpaired) electrons. The zero-order valence-corrected chi connectivity index (χ0v) is 12.1. The van der Waals surface area contributed by atoms with Gasteiger partial charge in [0.15, 0.2) is 0 Å². The molecule has 2 aliphatic rings. The average Bonchev–Trinajstić information content (AvgIpc) is 2.68. The summed E-state index contributed by atoms with van der Waals surface area (Å²) in [5, 5.41) is 3.23. The van der Waals surface area contributed by atoms with Crippen molar-refractivity contribution in [1.82, 2.24) is 10.2 Å². The van der Waals surface area contributed by atoms with Crippen LogP contribution in [0.1, 0.15) is 51.4 Å². The van der Waals surface area contributed by atoms with Crippen molar-refractivity contribution in [2.75, 3.05) is 26.2 Å². The van der Waals surface area contributed by atoms with Gasteiger partial charge < -0.3 is 11.1 Å². The van der Waals surface area contributed by atoms with Crippen molar-refractivity contribution in [2.24, 2.45) is 11.7 Å². The van der Waals surface area contributed by atoms with Gasteiger partial charge >= 0.3 is 0 Å². The molecule has 1 amide bonds. The lowest BCUT2D eigenvalue weighted by Crippen LogP contribution is -2.45. The van der Waals surface area contributed by atoms with Crippen molar-refractivity contribution < 1.29 is 4.79 Å². The highest BCUT2D eigenvalue weighted by Gasteiger charge is 2.21. The Morgan fingerprint density at radius 3 is 2.26 bits per heavy atom. The summed E-state index contributed by atoms with van der Waals surface area (Å²) in [5.41, 5.74) is 5.69. The number of hydrogen-bond acceptors (Lipinski definition) is 3. The lowest BCUT2D eigenvalue weighted by Gasteiger charge is -2.31. The van der Waals surface area contributed by atoms with Crippen LogP contribution >= 0.6 is 0 Å². The number of carbonyl (C=O) groups excluding carboxylic acids is 1.